The highest BCUT2D eigenvalue weighted by atomic mass is 16.5. The lowest BCUT2D eigenvalue weighted by Gasteiger charge is -2.06. The van der Waals surface area contributed by atoms with E-state index in [0.717, 1.165) is 36.3 Å². The lowest BCUT2D eigenvalue weighted by Crippen LogP contribution is -2.02. The van der Waals surface area contributed by atoms with Gasteiger partial charge in [0, 0.05) is 5.92 Å². The number of rotatable bonds is 4. The smallest absolute Gasteiger partial charge is 0.172 e. The Hall–Kier alpha value is -2.17. The van der Waals surface area contributed by atoms with Gasteiger partial charge in [0.15, 0.2) is 6.29 Å². The number of ether oxygens (including phenoxy) is 1. The standard InChI is InChI=1S/C13H13N3O2/c1-18-11-6-4-10(5-7-11)16-13(9-2-3-9)12(8-17)14-15-16/h4-9H,2-3H2,1H3. The first-order valence-electron chi connectivity index (χ1n) is 5.88. The number of benzene rings is 1. The molecule has 0 bridgehead atoms. The molecule has 1 heterocycles. The summed E-state index contributed by atoms with van der Waals surface area (Å²) in [4.78, 5) is 11.0. The molecule has 0 aliphatic heterocycles. The van der Waals surface area contributed by atoms with Gasteiger partial charge in [0.05, 0.1) is 18.5 Å². The number of nitrogens with zero attached hydrogens (tertiary/aromatic N) is 3. The second-order valence-electron chi connectivity index (χ2n) is 4.36. The first kappa shape index (κ1) is 11.0. The van der Waals surface area contributed by atoms with E-state index in [4.69, 9.17) is 4.74 Å². The van der Waals surface area contributed by atoms with E-state index in [1.165, 1.54) is 0 Å². The number of hydrogen-bond acceptors (Lipinski definition) is 4. The molecule has 1 aromatic heterocycles. The van der Waals surface area contributed by atoms with Crippen molar-refractivity contribution in [1.29, 1.82) is 0 Å². The van der Waals surface area contributed by atoms with Crippen LogP contribution in [0.5, 0.6) is 5.75 Å². The van der Waals surface area contributed by atoms with Crippen LogP contribution in [0, 0.1) is 0 Å². The number of methoxy groups -OCH3 is 1. The van der Waals surface area contributed by atoms with E-state index < -0.39 is 0 Å². The van der Waals surface area contributed by atoms with Gasteiger partial charge in [-0.1, -0.05) is 5.21 Å². The highest BCUT2D eigenvalue weighted by molar-refractivity contribution is 5.74. The Morgan fingerprint density at radius 2 is 2.06 bits per heavy atom. The zero-order valence-electron chi connectivity index (χ0n) is 10.0. The van der Waals surface area contributed by atoms with Crippen molar-refractivity contribution in [2.75, 3.05) is 7.11 Å². The summed E-state index contributed by atoms with van der Waals surface area (Å²) < 4.78 is 6.87. The Labute approximate surface area is 104 Å². The minimum atomic E-state index is 0.419. The molecule has 0 amide bonds. The Morgan fingerprint density at radius 1 is 1.33 bits per heavy atom. The largest absolute Gasteiger partial charge is 0.497 e. The SMILES string of the molecule is COc1ccc(-n2nnc(C=O)c2C2CC2)cc1. The van der Waals surface area contributed by atoms with Crippen LogP contribution in [-0.2, 0) is 0 Å². The van der Waals surface area contributed by atoms with Crippen LogP contribution < -0.4 is 4.74 Å². The van der Waals surface area contributed by atoms with Crippen molar-refractivity contribution in [1.82, 2.24) is 15.0 Å². The van der Waals surface area contributed by atoms with Crippen LogP contribution in [0.2, 0.25) is 0 Å². The minimum absolute atomic E-state index is 0.419. The summed E-state index contributed by atoms with van der Waals surface area (Å²) in [6.45, 7) is 0. The third-order valence-electron chi connectivity index (χ3n) is 3.13. The minimum Gasteiger partial charge on any atom is -0.497 e. The third kappa shape index (κ3) is 1.77. The molecule has 0 atom stereocenters. The zero-order chi connectivity index (χ0) is 12.5. The molecule has 0 spiro atoms. The van der Waals surface area contributed by atoms with Crippen molar-refractivity contribution < 1.29 is 9.53 Å². The van der Waals surface area contributed by atoms with Crippen LogP contribution in [-0.4, -0.2) is 28.4 Å². The number of carbonyl (C=O) groups is 1. The number of aromatic nitrogens is 3. The number of hydrogen-bond donors (Lipinski definition) is 0. The van der Waals surface area contributed by atoms with Gasteiger partial charge in [0.2, 0.25) is 0 Å². The highest BCUT2D eigenvalue weighted by Crippen LogP contribution is 2.41. The normalized spacial score (nSPS) is 14.5. The van der Waals surface area contributed by atoms with Gasteiger partial charge in [-0.25, -0.2) is 4.68 Å². The average Bonchev–Trinajstić information content (AvgIpc) is 3.18. The lowest BCUT2D eigenvalue weighted by molar-refractivity contribution is 0.111. The van der Waals surface area contributed by atoms with Crippen molar-refractivity contribution in [3.05, 3.63) is 35.7 Å². The summed E-state index contributed by atoms with van der Waals surface area (Å²) in [5.41, 5.74) is 2.28. The van der Waals surface area contributed by atoms with Gasteiger partial charge in [-0.15, -0.1) is 5.10 Å². The van der Waals surface area contributed by atoms with E-state index in [1.54, 1.807) is 11.8 Å². The number of aldehydes is 1. The maximum absolute atomic E-state index is 11.0. The van der Waals surface area contributed by atoms with Crippen molar-refractivity contribution in [2.24, 2.45) is 0 Å². The monoisotopic (exact) mass is 243 g/mol. The fourth-order valence-corrected chi connectivity index (χ4v) is 2.04. The molecule has 1 aliphatic rings. The van der Waals surface area contributed by atoms with E-state index in [-0.39, 0.29) is 0 Å². The molecule has 0 radical (unpaired) electrons. The predicted octanol–water partition coefficient (Wildman–Crippen LogP) is 1.97. The lowest BCUT2D eigenvalue weighted by atomic mass is 10.2. The van der Waals surface area contributed by atoms with Crippen LogP contribution in [0.25, 0.3) is 5.69 Å². The summed E-state index contributed by atoms with van der Waals surface area (Å²) in [5, 5.41) is 8.00. The van der Waals surface area contributed by atoms with Crippen LogP contribution in [0.3, 0.4) is 0 Å². The molecule has 3 rings (SSSR count). The van der Waals surface area contributed by atoms with Crippen molar-refractivity contribution in [2.45, 2.75) is 18.8 Å². The van der Waals surface area contributed by atoms with Crippen molar-refractivity contribution in [3.8, 4) is 11.4 Å². The molecule has 1 saturated carbocycles. The van der Waals surface area contributed by atoms with Gasteiger partial charge in [0.25, 0.3) is 0 Å². The summed E-state index contributed by atoms with van der Waals surface area (Å²) in [5.74, 6) is 1.21. The van der Waals surface area contributed by atoms with Gasteiger partial charge in [0.1, 0.15) is 11.4 Å². The summed E-state index contributed by atoms with van der Waals surface area (Å²) in [6, 6.07) is 7.56. The summed E-state index contributed by atoms with van der Waals surface area (Å²) in [7, 11) is 1.63. The molecule has 18 heavy (non-hydrogen) atoms. The summed E-state index contributed by atoms with van der Waals surface area (Å²) >= 11 is 0. The van der Waals surface area contributed by atoms with Gasteiger partial charge in [-0.3, -0.25) is 4.79 Å². The molecule has 0 unspecified atom stereocenters. The first-order valence-corrected chi connectivity index (χ1v) is 5.88. The van der Waals surface area contributed by atoms with Crippen LogP contribution in [0.15, 0.2) is 24.3 Å². The molecule has 0 saturated heterocycles. The van der Waals surface area contributed by atoms with Gasteiger partial charge in [-0.05, 0) is 37.1 Å². The molecular weight excluding hydrogens is 230 g/mol. The van der Waals surface area contributed by atoms with Gasteiger partial charge < -0.3 is 4.74 Å². The average molecular weight is 243 g/mol. The van der Waals surface area contributed by atoms with Gasteiger partial charge >= 0.3 is 0 Å². The van der Waals surface area contributed by atoms with Crippen molar-refractivity contribution >= 4 is 6.29 Å². The fourth-order valence-electron chi connectivity index (χ4n) is 2.04. The molecule has 1 aromatic carbocycles. The van der Waals surface area contributed by atoms with E-state index in [9.17, 15) is 4.79 Å². The maximum Gasteiger partial charge on any atom is 0.172 e. The Bertz CT molecular complexity index is 570. The highest BCUT2D eigenvalue weighted by Gasteiger charge is 2.31. The molecule has 0 N–H and O–H groups in total. The molecule has 1 fully saturated rings. The molecule has 92 valence electrons. The summed E-state index contributed by atoms with van der Waals surface area (Å²) in [6.07, 6.45) is 2.98. The van der Waals surface area contributed by atoms with E-state index in [2.05, 4.69) is 10.3 Å². The predicted molar refractivity (Wildman–Crippen MR) is 65.3 cm³/mol. The molecule has 2 aromatic rings. The molecule has 1 aliphatic carbocycles. The zero-order valence-corrected chi connectivity index (χ0v) is 10.0. The molecule has 5 nitrogen and oxygen atoms in total. The van der Waals surface area contributed by atoms with E-state index >= 15 is 0 Å². The molecule has 5 heteroatoms. The second-order valence-corrected chi connectivity index (χ2v) is 4.36. The van der Waals surface area contributed by atoms with Crippen molar-refractivity contribution in [3.63, 3.8) is 0 Å². The maximum atomic E-state index is 11.0. The van der Waals surface area contributed by atoms with E-state index in [1.807, 2.05) is 24.3 Å². The quantitative estimate of drug-likeness (QED) is 0.770. The Balaban J connectivity index is 2.04. The van der Waals surface area contributed by atoms with E-state index in [0.29, 0.717) is 11.6 Å². The Morgan fingerprint density at radius 3 is 2.61 bits per heavy atom. The first-order chi connectivity index (χ1) is 8.83. The Kier molecular flexibility index (Phi) is 2.59. The third-order valence-corrected chi connectivity index (χ3v) is 3.13. The second kappa shape index (κ2) is 4.25. The fraction of sp³-hybridized carbons (Fsp3) is 0.308. The van der Waals surface area contributed by atoms with Crippen LogP contribution >= 0.6 is 0 Å². The molecular formula is C13H13N3O2. The van der Waals surface area contributed by atoms with Crippen LogP contribution in [0.4, 0.5) is 0 Å². The topological polar surface area (TPSA) is 57.0 Å². The number of carbonyl (C=O) groups excluding carboxylic acids is 1. The van der Waals surface area contributed by atoms with Gasteiger partial charge in [-0.2, -0.15) is 0 Å². The van der Waals surface area contributed by atoms with Crippen LogP contribution in [0.1, 0.15) is 34.9 Å².